The van der Waals surface area contributed by atoms with Gasteiger partial charge in [0.2, 0.25) is 11.6 Å². The highest BCUT2D eigenvalue weighted by molar-refractivity contribution is 9.10. The molecule has 0 atom stereocenters. The number of nitrogens with zero attached hydrogens (tertiary/aromatic N) is 4. The third kappa shape index (κ3) is 3.90. The Balaban J connectivity index is 1.97. The van der Waals surface area contributed by atoms with Gasteiger partial charge in [0.05, 0.1) is 23.8 Å². The van der Waals surface area contributed by atoms with Crippen LogP contribution in [0.1, 0.15) is 35.6 Å². The van der Waals surface area contributed by atoms with Crippen molar-refractivity contribution in [3.8, 4) is 11.8 Å². The van der Waals surface area contributed by atoms with Gasteiger partial charge < -0.3 is 15.6 Å². The second-order valence-corrected chi connectivity index (χ2v) is 7.74. The van der Waals surface area contributed by atoms with E-state index < -0.39 is 0 Å². The minimum Gasteiger partial charge on any atom is -0.337 e. The van der Waals surface area contributed by atoms with E-state index in [-0.39, 0.29) is 0 Å². The van der Waals surface area contributed by atoms with E-state index in [1.54, 1.807) is 17.5 Å². The van der Waals surface area contributed by atoms with Crippen molar-refractivity contribution in [2.45, 2.75) is 33.2 Å². The SMILES string of the molecule is CC#Cc1c(CN(CCCN)c2nc3nnccc3[nH]2)sc(CC)c1Br. The van der Waals surface area contributed by atoms with Gasteiger partial charge in [0.15, 0.2) is 0 Å². The summed E-state index contributed by atoms with van der Waals surface area (Å²) in [5.41, 5.74) is 8.31. The van der Waals surface area contributed by atoms with E-state index >= 15 is 0 Å². The molecule has 26 heavy (non-hydrogen) atoms. The smallest absolute Gasteiger partial charge is 0.205 e. The lowest BCUT2D eigenvalue weighted by Gasteiger charge is -2.21. The fourth-order valence-electron chi connectivity index (χ4n) is 2.71. The number of fused-ring (bicyclic) bond motifs is 1. The molecule has 0 amide bonds. The van der Waals surface area contributed by atoms with Gasteiger partial charge in [-0.2, -0.15) is 10.1 Å². The van der Waals surface area contributed by atoms with Crippen LogP contribution >= 0.6 is 27.3 Å². The summed E-state index contributed by atoms with van der Waals surface area (Å²) in [7, 11) is 0. The molecule has 136 valence electrons. The van der Waals surface area contributed by atoms with Crippen molar-refractivity contribution in [1.29, 1.82) is 0 Å². The van der Waals surface area contributed by atoms with E-state index in [0.717, 1.165) is 47.4 Å². The average Bonchev–Trinajstić information content (AvgIpc) is 3.21. The Morgan fingerprint density at radius 1 is 1.38 bits per heavy atom. The highest BCUT2D eigenvalue weighted by Gasteiger charge is 2.19. The topological polar surface area (TPSA) is 83.7 Å². The number of imidazole rings is 1. The van der Waals surface area contributed by atoms with Gasteiger partial charge in [-0.3, -0.25) is 0 Å². The first-order valence-corrected chi connectivity index (χ1v) is 10.1. The molecular weight excluding hydrogens is 412 g/mol. The van der Waals surface area contributed by atoms with Crippen molar-refractivity contribution in [2.75, 3.05) is 18.0 Å². The van der Waals surface area contributed by atoms with Crippen molar-refractivity contribution < 1.29 is 0 Å². The summed E-state index contributed by atoms with van der Waals surface area (Å²) in [6, 6.07) is 1.88. The zero-order valence-electron chi connectivity index (χ0n) is 14.8. The molecule has 3 aromatic heterocycles. The van der Waals surface area contributed by atoms with Gasteiger partial charge >= 0.3 is 0 Å². The number of rotatable bonds is 7. The molecule has 3 heterocycles. The first-order valence-electron chi connectivity index (χ1n) is 8.53. The van der Waals surface area contributed by atoms with Gasteiger partial charge in [-0.15, -0.1) is 22.4 Å². The number of halogens is 1. The van der Waals surface area contributed by atoms with Gasteiger partial charge in [0.1, 0.15) is 0 Å². The largest absolute Gasteiger partial charge is 0.337 e. The van der Waals surface area contributed by atoms with Crippen molar-refractivity contribution >= 4 is 44.4 Å². The van der Waals surface area contributed by atoms with Crippen LogP contribution in [0.3, 0.4) is 0 Å². The van der Waals surface area contributed by atoms with Gasteiger partial charge in [-0.25, -0.2) is 0 Å². The Morgan fingerprint density at radius 3 is 2.92 bits per heavy atom. The lowest BCUT2D eigenvalue weighted by atomic mass is 10.2. The number of anilines is 1. The van der Waals surface area contributed by atoms with E-state index in [9.17, 15) is 0 Å². The van der Waals surface area contributed by atoms with Crippen LogP contribution in [0.5, 0.6) is 0 Å². The molecule has 3 N–H and O–H groups in total. The number of hydrogen-bond acceptors (Lipinski definition) is 6. The Morgan fingerprint density at radius 2 is 2.23 bits per heavy atom. The van der Waals surface area contributed by atoms with Crippen LogP contribution < -0.4 is 10.6 Å². The van der Waals surface area contributed by atoms with E-state index in [2.05, 4.69) is 59.8 Å². The summed E-state index contributed by atoms with van der Waals surface area (Å²) >= 11 is 5.52. The molecule has 0 spiro atoms. The van der Waals surface area contributed by atoms with Crippen LogP contribution in [0.2, 0.25) is 0 Å². The number of thiophene rings is 1. The quantitative estimate of drug-likeness (QED) is 0.558. The average molecular weight is 433 g/mol. The number of hydrogen-bond donors (Lipinski definition) is 2. The number of H-pyrrole nitrogens is 1. The van der Waals surface area contributed by atoms with Crippen molar-refractivity contribution in [3.05, 3.63) is 32.1 Å². The highest BCUT2D eigenvalue weighted by atomic mass is 79.9. The molecular formula is C18H21BrN6S. The summed E-state index contributed by atoms with van der Waals surface area (Å²) in [5, 5.41) is 7.98. The predicted molar refractivity (Wildman–Crippen MR) is 110 cm³/mol. The van der Waals surface area contributed by atoms with Gasteiger partial charge in [-0.05, 0) is 48.3 Å². The molecule has 0 saturated heterocycles. The highest BCUT2D eigenvalue weighted by Crippen LogP contribution is 2.34. The molecule has 0 aliphatic carbocycles. The maximum absolute atomic E-state index is 5.74. The molecule has 3 aromatic rings. The third-order valence-electron chi connectivity index (χ3n) is 3.99. The number of aromatic nitrogens is 4. The van der Waals surface area contributed by atoms with E-state index in [1.807, 2.05) is 13.0 Å². The second kappa shape index (κ2) is 8.62. The molecule has 8 heteroatoms. The second-order valence-electron chi connectivity index (χ2n) is 5.76. The molecule has 0 aliphatic heterocycles. The predicted octanol–water partition coefficient (Wildman–Crippen LogP) is 3.47. The Kier molecular flexibility index (Phi) is 6.25. The van der Waals surface area contributed by atoms with E-state index in [0.29, 0.717) is 12.2 Å². The van der Waals surface area contributed by atoms with Crippen LogP contribution in [0.4, 0.5) is 5.95 Å². The molecule has 0 radical (unpaired) electrons. The molecule has 0 unspecified atom stereocenters. The van der Waals surface area contributed by atoms with E-state index in [4.69, 9.17) is 5.73 Å². The standard InChI is InChI=1S/C18H21BrN6S/c1-3-6-12-15(26-14(4-2)16(12)19)11-25(10-5-8-20)18-22-13-7-9-21-24-17(13)23-18/h7,9H,4-5,8,10-11,20H2,1-2H3,(H,22,23,24). The monoisotopic (exact) mass is 432 g/mol. The zero-order valence-corrected chi connectivity index (χ0v) is 17.2. The normalized spacial score (nSPS) is 10.8. The summed E-state index contributed by atoms with van der Waals surface area (Å²) in [6.07, 6.45) is 3.52. The number of nitrogens with one attached hydrogen (secondary N) is 1. The van der Waals surface area contributed by atoms with Crippen LogP contribution in [-0.4, -0.2) is 33.3 Å². The third-order valence-corrected chi connectivity index (χ3v) is 6.44. The number of aromatic amines is 1. The summed E-state index contributed by atoms with van der Waals surface area (Å²) < 4.78 is 1.11. The molecule has 0 fully saturated rings. The lowest BCUT2D eigenvalue weighted by Crippen LogP contribution is -2.26. The minimum absolute atomic E-state index is 0.621. The summed E-state index contributed by atoms with van der Waals surface area (Å²) in [5.74, 6) is 7.06. The van der Waals surface area contributed by atoms with Crippen LogP contribution in [-0.2, 0) is 13.0 Å². The van der Waals surface area contributed by atoms with Gasteiger partial charge in [-0.1, -0.05) is 12.8 Å². The molecule has 0 aromatic carbocycles. The zero-order chi connectivity index (χ0) is 18.5. The summed E-state index contributed by atoms with van der Waals surface area (Å²) in [6.45, 7) is 6.18. The van der Waals surface area contributed by atoms with Crippen LogP contribution in [0.25, 0.3) is 11.2 Å². The Bertz CT molecular complexity index is 919. The molecule has 0 bridgehead atoms. The maximum atomic E-state index is 5.74. The van der Waals surface area contributed by atoms with Crippen molar-refractivity contribution in [2.24, 2.45) is 5.73 Å². The van der Waals surface area contributed by atoms with Gasteiger partial charge in [0.25, 0.3) is 0 Å². The lowest BCUT2D eigenvalue weighted by molar-refractivity contribution is 0.723. The molecule has 3 rings (SSSR count). The fraction of sp³-hybridized carbons (Fsp3) is 0.389. The van der Waals surface area contributed by atoms with Crippen LogP contribution in [0.15, 0.2) is 16.7 Å². The van der Waals surface area contributed by atoms with E-state index in [1.165, 1.54) is 9.75 Å². The van der Waals surface area contributed by atoms with Gasteiger partial charge in [0, 0.05) is 20.8 Å². The van der Waals surface area contributed by atoms with Crippen LogP contribution in [0, 0.1) is 11.8 Å². The van der Waals surface area contributed by atoms with Crippen molar-refractivity contribution in [1.82, 2.24) is 20.2 Å². The minimum atomic E-state index is 0.621. The number of aryl methyl sites for hydroxylation is 1. The fourth-order valence-corrected chi connectivity index (χ4v) is 4.81. The maximum Gasteiger partial charge on any atom is 0.205 e. The Labute approximate surface area is 165 Å². The molecule has 0 saturated carbocycles. The molecule has 0 aliphatic rings. The first-order chi connectivity index (χ1) is 12.7. The first kappa shape index (κ1) is 18.8. The number of nitrogens with two attached hydrogens (primary N) is 1. The molecule has 6 nitrogen and oxygen atoms in total. The Hall–Kier alpha value is -1.95. The summed E-state index contributed by atoms with van der Waals surface area (Å²) in [4.78, 5) is 12.7. The van der Waals surface area contributed by atoms with Crippen molar-refractivity contribution in [3.63, 3.8) is 0 Å².